The lowest BCUT2D eigenvalue weighted by Gasteiger charge is -2.22. The summed E-state index contributed by atoms with van der Waals surface area (Å²) >= 11 is 0. The first kappa shape index (κ1) is 12.5. The summed E-state index contributed by atoms with van der Waals surface area (Å²) in [4.78, 5) is 0. The molecule has 3 heteroatoms. The summed E-state index contributed by atoms with van der Waals surface area (Å²) in [6.45, 7) is 5.28. The number of fused-ring (bicyclic) bond motifs is 1. The van der Waals surface area contributed by atoms with Gasteiger partial charge in [0.25, 0.3) is 0 Å². The van der Waals surface area contributed by atoms with Crippen LogP contribution < -0.4 is 5.32 Å². The SMILES string of the molecule is Cc1cc(CNC2CCCc3occc32)c(C)n1C. The third-order valence-corrected chi connectivity index (χ3v) is 4.47. The molecule has 3 rings (SSSR count). The molecule has 19 heavy (non-hydrogen) atoms. The van der Waals surface area contributed by atoms with Gasteiger partial charge in [0.1, 0.15) is 5.76 Å². The predicted octanol–water partition coefficient (Wildman–Crippen LogP) is 3.40. The van der Waals surface area contributed by atoms with Gasteiger partial charge in [-0.2, -0.15) is 0 Å². The van der Waals surface area contributed by atoms with E-state index in [9.17, 15) is 0 Å². The van der Waals surface area contributed by atoms with Gasteiger partial charge >= 0.3 is 0 Å². The molecule has 0 saturated heterocycles. The van der Waals surface area contributed by atoms with Crippen molar-refractivity contribution in [3.8, 4) is 0 Å². The van der Waals surface area contributed by atoms with Crippen LogP contribution in [-0.2, 0) is 20.0 Å². The molecule has 2 aromatic heterocycles. The van der Waals surface area contributed by atoms with Crippen molar-refractivity contribution in [3.05, 3.63) is 46.7 Å². The number of rotatable bonds is 3. The summed E-state index contributed by atoms with van der Waals surface area (Å²) in [6.07, 6.45) is 5.33. The summed E-state index contributed by atoms with van der Waals surface area (Å²) in [5, 5.41) is 3.69. The zero-order chi connectivity index (χ0) is 13.4. The maximum Gasteiger partial charge on any atom is 0.108 e. The van der Waals surface area contributed by atoms with Gasteiger partial charge in [-0.25, -0.2) is 0 Å². The first-order chi connectivity index (χ1) is 9.16. The molecule has 0 bridgehead atoms. The summed E-state index contributed by atoms with van der Waals surface area (Å²) in [6, 6.07) is 4.85. The smallest absolute Gasteiger partial charge is 0.108 e. The lowest BCUT2D eigenvalue weighted by Crippen LogP contribution is -2.24. The number of nitrogens with zero attached hydrogens (tertiary/aromatic N) is 1. The largest absolute Gasteiger partial charge is 0.469 e. The second-order valence-corrected chi connectivity index (χ2v) is 5.58. The Morgan fingerprint density at radius 1 is 1.42 bits per heavy atom. The van der Waals surface area contributed by atoms with Gasteiger partial charge in [0.05, 0.1) is 6.26 Å². The zero-order valence-electron chi connectivity index (χ0n) is 12.0. The van der Waals surface area contributed by atoms with Crippen molar-refractivity contribution in [2.45, 2.75) is 45.7 Å². The molecule has 0 amide bonds. The highest BCUT2D eigenvalue weighted by atomic mass is 16.3. The summed E-state index contributed by atoms with van der Waals surface area (Å²) < 4.78 is 7.79. The van der Waals surface area contributed by atoms with Crippen molar-refractivity contribution in [3.63, 3.8) is 0 Å². The van der Waals surface area contributed by atoms with Gasteiger partial charge in [0.2, 0.25) is 0 Å². The van der Waals surface area contributed by atoms with Crippen LogP contribution in [-0.4, -0.2) is 4.57 Å². The van der Waals surface area contributed by atoms with Crippen molar-refractivity contribution >= 4 is 0 Å². The summed E-state index contributed by atoms with van der Waals surface area (Å²) in [7, 11) is 2.13. The second-order valence-electron chi connectivity index (χ2n) is 5.58. The number of aryl methyl sites for hydroxylation is 2. The second kappa shape index (κ2) is 4.89. The van der Waals surface area contributed by atoms with Gasteiger partial charge in [-0.1, -0.05) is 0 Å². The Morgan fingerprint density at radius 2 is 2.26 bits per heavy atom. The fourth-order valence-corrected chi connectivity index (χ4v) is 3.04. The molecular formula is C16H22N2O. The van der Waals surface area contributed by atoms with Crippen LogP contribution in [0.2, 0.25) is 0 Å². The number of hydrogen-bond acceptors (Lipinski definition) is 2. The molecule has 0 fully saturated rings. The first-order valence-electron chi connectivity index (χ1n) is 7.08. The van der Waals surface area contributed by atoms with E-state index in [-0.39, 0.29) is 0 Å². The van der Waals surface area contributed by atoms with Crippen LogP contribution >= 0.6 is 0 Å². The van der Waals surface area contributed by atoms with E-state index in [1.54, 1.807) is 0 Å². The van der Waals surface area contributed by atoms with Crippen LogP contribution in [0, 0.1) is 13.8 Å². The maximum atomic E-state index is 5.54. The van der Waals surface area contributed by atoms with Crippen LogP contribution in [0.25, 0.3) is 0 Å². The molecule has 2 heterocycles. The molecule has 1 atom stereocenters. The van der Waals surface area contributed by atoms with E-state index < -0.39 is 0 Å². The van der Waals surface area contributed by atoms with Crippen molar-refractivity contribution in [2.75, 3.05) is 0 Å². The number of nitrogens with one attached hydrogen (secondary N) is 1. The van der Waals surface area contributed by atoms with E-state index in [2.05, 4.69) is 42.9 Å². The molecular weight excluding hydrogens is 236 g/mol. The van der Waals surface area contributed by atoms with Gasteiger partial charge in [-0.05, 0) is 44.4 Å². The molecule has 1 N–H and O–H groups in total. The molecule has 1 unspecified atom stereocenters. The van der Waals surface area contributed by atoms with Gasteiger partial charge in [0, 0.05) is 43.0 Å². The van der Waals surface area contributed by atoms with Crippen LogP contribution in [0.4, 0.5) is 0 Å². The first-order valence-corrected chi connectivity index (χ1v) is 7.08. The fraction of sp³-hybridized carbons (Fsp3) is 0.500. The molecule has 0 spiro atoms. The average Bonchev–Trinajstić information content (AvgIpc) is 2.98. The molecule has 102 valence electrons. The molecule has 1 aliphatic carbocycles. The van der Waals surface area contributed by atoms with Crippen molar-refractivity contribution in [1.29, 1.82) is 0 Å². The quantitative estimate of drug-likeness (QED) is 0.914. The van der Waals surface area contributed by atoms with E-state index >= 15 is 0 Å². The van der Waals surface area contributed by atoms with Gasteiger partial charge in [-0.3, -0.25) is 0 Å². The standard InChI is InChI=1S/C16H22N2O/c1-11-9-13(12(2)18(11)3)10-17-15-5-4-6-16-14(15)7-8-19-16/h7-9,15,17H,4-6,10H2,1-3H3. The minimum absolute atomic E-state index is 0.447. The lowest BCUT2D eigenvalue weighted by atomic mass is 9.93. The topological polar surface area (TPSA) is 30.1 Å². The molecule has 3 nitrogen and oxygen atoms in total. The Labute approximate surface area is 114 Å². The highest BCUT2D eigenvalue weighted by Gasteiger charge is 2.22. The highest BCUT2D eigenvalue weighted by molar-refractivity contribution is 5.28. The summed E-state index contributed by atoms with van der Waals surface area (Å²) in [5.74, 6) is 1.17. The summed E-state index contributed by atoms with van der Waals surface area (Å²) in [5.41, 5.74) is 5.43. The van der Waals surface area contributed by atoms with E-state index in [1.165, 1.54) is 41.1 Å². The van der Waals surface area contributed by atoms with Gasteiger partial charge in [-0.15, -0.1) is 0 Å². The van der Waals surface area contributed by atoms with Gasteiger partial charge in [0.15, 0.2) is 0 Å². The molecule has 1 aliphatic rings. The number of hydrogen-bond donors (Lipinski definition) is 1. The normalized spacial score (nSPS) is 18.6. The molecule has 2 aromatic rings. The van der Waals surface area contributed by atoms with Crippen LogP contribution in [0.3, 0.4) is 0 Å². The minimum atomic E-state index is 0.447. The third-order valence-electron chi connectivity index (χ3n) is 4.47. The predicted molar refractivity (Wildman–Crippen MR) is 76.1 cm³/mol. The Balaban J connectivity index is 1.72. The number of aromatic nitrogens is 1. The Morgan fingerprint density at radius 3 is 3.00 bits per heavy atom. The van der Waals surface area contributed by atoms with Gasteiger partial charge < -0.3 is 14.3 Å². The van der Waals surface area contributed by atoms with Crippen molar-refractivity contribution in [1.82, 2.24) is 9.88 Å². The van der Waals surface area contributed by atoms with E-state index in [1.807, 2.05) is 6.26 Å². The van der Waals surface area contributed by atoms with Crippen LogP contribution in [0.5, 0.6) is 0 Å². The Kier molecular flexibility index (Phi) is 3.23. The Bertz CT molecular complexity index is 580. The van der Waals surface area contributed by atoms with Crippen LogP contribution in [0.15, 0.2) is 22.8 Å². The zero-order valence-corrected chi connectivity index (χ0v) is 12.0. The fourth-order valence-electron chi connectivity index (χ4n) is 3.04. The highest BCUT2D eigenvalue weighted by Crippen LogP contribution is 2.30. The lowest BCUT2D eigenvalue weighted by molar-refractivity contribution is 0.410. The molecule has 0 radical (unpaired) electrons. The Hall–Kier alpha value is -1.48. The maximum absolute atomic E-state index is 5.54. The third kappa shape index (κ3) is 2.23. The minimum Gasteiger partial charge on any atom is -0.469 e. The number of furan rings is 1. The van der Waals surface area contributed by atoms with Crippen molar-refractivity contribution < 1.29 is 4.42 Å². The monoisotopic (exact) mass is 258 g/mol. The molecule has 0 aromatic carbocycles. The molecule has 0 aliphatic heterocycles. The van der Waals surface area contributed by atoms with Crippen molar-refractivity contribution in [2.24, 2.45) is 7.05 Å². The van der Waals surface area contributed by atoms with Crippen LogP contribution in [0.1, 0.15) is 47.2 Å². The van der Waals surface area contributed by atoms with E-state index in [0.717, 1.165) is 13.0 Å². The molecule has 0 saturated carbocycles. The van der Waals surface area contributed by atoms with E-state index in [4.69, 9.17) is 4.42 Å². The van der Waals surface area contributed by atoms with E-state index in [0.29, 0.717) is 6.04 Å². The average molecular weight is 258 g/mol.